The van der Waals surface area contributed by atoms with E-state index in [9.17, 15) is 9.90 Å². The van der Waals surface area contributed by atoms with Crippen LogP contribution in [0.15, 0.2) is 53.3 Å². The summed E-state index contributed by atoms with van der Waals surface area (Å²) in [7, 11) is 0. The smallest absolute Gasteiger partial charge is 0.281 e. The van der Waals surface area contributed by atoms with Gasteiger partial charge in [-0.2, -0.15) is 4.98 Å². The van der Waals surface area contributed by atoms with Crippen LogP contribution in [0.4, 0.5) is 0 Å². The molecule has 1 aliphatic rings. The molecule has 0 radical (unpaired) electrons. The molecule has 0 atom stereocenters. The minimum atomic E-state index is -0.189. The van der Waals surface area contributed by atoms with Crippen molar-refractivity contribution in [2.45, 2.75) is 13.0 Å². The SMILES string of the molecule is O=c1nc2n(c3ccccc13)CC/C2=C\c1cccc(O)c1. The van der Waals surface area contributed by atoms with Crippen LogP contribution in [-0.2, 0) is 6.54 Å². The summed E-state index contributed by atoms with van der Waals surface area (Å²) in [5.74, 6) is 0.961. The molecule has 1 aromatic heterocycles. The lowest BCUT2D eigenvalue weighted by atomic mass is 10.1. The number of allylic oxidation sites excluding steroid dienone is 1. The number of hydrogen-bond acceptors (Lipinski definition) is 3. The largest absolute Gasteiger partial charge is 0.508 e. The van der Waals surface area contributed by atoms with Crippen molar-refractivity contribution in [2.24, 2.45) is 0 Å². The van der Waals surface area contributed by atoms with Crippen molar-refractivity contribution in [3.05, 3.63) is 70.3 Å². The average molecular weight is 290 g/mol. The Morgan fingerprint density at radius 1 is 1.14 bits per heavy atom. The van der Waals surface area contributed by atoms with Crippen LogP contribution in [0.3, 0.4) is 0 Å². The number of hydrogen-bond donors (Lipinski definition) is 1. The van der Waals surface area contributed by atoms with E-state index in [1.54, 1.807) is 18.2 Å². The van der Waals surface area contributed by atoms with Gasteiger partial charge >= 0.3 is 0 Å². The Kier molecular flexibility index (Phi) is 2.82. The van der Waals surface area contributed by atoms with Crippen LogP contribution in [0.25, 0.3) is 22.6 Å². The van der Waals surface area contributed by atoms with Gasteiger partial charge < -0.3 is 9.67 Å². The minimum Gasteiger partial charge on any atom is -0.508 e. The lowest BCUT2D eigenvalue weighted by Gasteiger charge is -2.07. The number of para-hydroxylation sites is 1. The highest BCUT2D eigenvalue weighted by molar-refractivity contribution is 5.85. The van der Waals surface area contributed by atoms with Crippen LogP contribution in [0.5, 0.6) is 5.75 Å². The Labute approximate surface area is 127 Å². The van der Waals surface area contributed by atoms with E-state index in [1.807, 2.05) is 36.4 Å². The first-order valence-electron chi connectivity index (χ1n) is 7.22. The van der Waals surface area contributed by atoms with Crippen molar-refractivity contribution < 1.29 is 5.11 Å². The molecule has 3 aromatic rings. The van der Waals surface area contributed by atoms with E-state index in [4.69, 9.17) is 0 Å². The predicted octanol–water partition coefficient (Wildman–Crippen LogP) is 3.05. The highest BCUT2D eigenvalue weighted by Gasteiger charge is 2.20. The van der Waals surface area contributed by atoms with Gasteiger partial charge in [-0.3, -0.25) is 4.79 Å². The monoisotopic (exact) mass is 290 g/mol. The van der Waals surface area contributed by atoms with Crippen molar-refractivity contribution in [1.82, 2.24) is 9.55 Å². The Morgan fingerprint density at radius 2 is 2.00 bits per heavy atom. The van der Waals surface area contributed by atoms with Crippen LogP contribution in [0.1, 0.15) is 17.8 Å². The minimum absolute atomic E-state index is 0.189. The third kappa shape index (κ3) is 2.00. The van der Waals surface area contributed by atoms with Crippen molar-refractivity contribution in [3.63, 3.8) is 0 Å². The topological polar surface area (TPSA) is 55.1 Å². The zero-order valence-electron chi connectivity index (χ0n) is 11.9. The van der Waals surface area contributed by atoms with Crippen LogP contribution in [0, 0.1) is 0 Å². The fourth-order valence-corrected chi connectivity index (χ4v) is 2.99. The molecular weight excluding hydrogens is 276 g/mol. The van der Waals surface area contributed by atoms with Crippen molar-refractivity contribution in [1.29, 1.82) is 0 Å². The van der Waals surface area contributed by atoms with E-state index in [1.165, 1.54) is 0 Å². The standard InChI is InChI=1S/C18H14N2O2/c21-14-5-3-4-12(11-14)10-13-8-9-20-16-7-2-1-6-15(16)18(22)19-17(13)20/h1-7,10-11,21H,8-9H2/b13-10+. The van der Waals surface area contributed by atoms with E-state index in [0.717, 1.165) is 35.4 Å². The zero-order chi connectivity index (χ0) is 15.1. The summed E-state index contributed by atoms with van der Waals surface area (Å²) in [5.41, 5.74) is 2.67. The van der Waals surface area contributed by atoms with Crippen molar-refractivity contribution in [3.8, 4) is 5.75 Å². The molecule has 108 valence electrons. The van der Waals surface area contributed by atoms with Gasteiger partial charge in [-0.05, 0) is 47.9 Å². The molecule has 4 nitrogen and oxygen atoms in total. The van der Waals surface area contributed by atoms with Gasteiger partial charge in [0.15, 0.2) is 0 Å². The fraction of sp³-hybridized carbons (Fsp3) is 0.111. The number of aromatic nitrogens is 2. The second kappa shape index (κ2) is 4.84. The Balaban J connectivity index is 1.91. The molecule has 0 saturated heterocycles. The predicted molar refractivity (Wildman–Crippen MR) is 86.6 cm³/mol. The maximum Gasteiger partial charge on any atom is 0.281 e. The number of fused-ring (bicyclic) bond motifs is 3. The molecule has 22 heavy (non-hydrogen) atoms. The van der Waals surface area contributed by atoms with Crippen LogP contribution >= 0.6 is 0 Å². The number of aryl methyl sites for hydroxylation is 1. The van der Waals surface area contributed by atoms with E-state index in [0.29, 0.717) is 5.39 Å². The maximum absolute atomic E-state index is 12.2. The van der Waals surface area contributed by atoms with Crippen molar-refractivity contribution >= 4 is 22.6 Å². The molecule has 2 heterocycles. The first-order chi connectivity index (χ1) is 10.7. The number of rotatable bonds is 1. The first kappa shape index (κ1) is 12.8. The van der Waals surface area contributed by atoms with E-state index in [-0.39, 0.29) is 11.3 Å². The quantitative estimate of drug-likeness (QED) is 0.749. The molecule has 0 aliphatic carbocycles. The molecule has 0 unspecified atom stereocenters. The van der Waals surface area contributed by atoms with E-state index in [2.05, 4.69) is 9.55 Å². The van der Waals surface area contributed by atoms with Crippen LogP contribution in [-0.4, -0.2) is 14.7 Å². The third-order valence-electron chi connectivity index (χ3n) is 3.99. The molecule has 1 aliphatic heterocycles. The van der Waals surface area contributed by atoms with Gasteiger partial charge in [0.1, 0.15) is 11.6 Å². The molecule has 0 saturated carbocycles. The number of phenols is 1. The summed E-state index contributed by atoms with van der Waals surface area (Å²) in [4.78, 5) is 16.5. The summed E-state index contributed by atoms with van der Waals surface area (Å²) in [6, 6.07) is 14.6. The fourth-order valence-electron chi connectivity index (χ4n) is 2.99. The normalized spacial score (nSPS) is 15.4. The summed E-state index contributed by atoms with van der Waals surface area (Å²) in [5, 5.41) is 10.2. The van der Waals surface area contributed by atoms with Crippen molar-refractivity contribution in [2.75, 3.05) is 0 Å². The van der Waals surface area contributed by atoms with Crippen LogP contribution < -0.4 is 5.56 Å². The highest BCUT2D eigenvalue weighted by Crippen LogP contribution is 2.29. The Hall–Kier alpha value is -2.88. The molecule has 1 N–H and O–H groups in total. The van der Waals surface area contributed by atoms with Gasteiger partial charge in [0.05, 0.1) is 10.9 Å². The maximum atomic E-state index is 12.2. The van der Waals surface area contributed by atoms with E-state index < -0.39 is 0 Å². The van der Waals surface area contributed by atoms with Gasteiger partial charge in [0.2, 0.25) is 0 Å². The lowest BCUT2D eigenvalue weighted by molar-refractivity contribution is 0.475. The number of benzene rings is 2. The second-order valence-electron chi connectivity index (χ2n) is 5.42. The van der Waals surface area contributed by atoms with Gasteiger partial charge in [-0.25, -0.2) is 0 Å². The van der Waals surface area contributed by atoms with E-state index >= 15 is 0 Å². The summed E-state index contributed by atoms with van der Waals surface area (Å²) >= 11 is 0. The Morgan fingerprint density at radius 3 is 2.86 bits per heavy atom. The second-order valence-corrected chi connectivity index (χ2v) is 5.42. The molecule has 2 aromatic carbocycles. The molecular formula is C18H14N2O2. The number of aromatic hydroxyl groups is 1. The van der Waals surface area contributed by atoms with Gasteiger partial charge in [-0.1, -0.05) is 24.3 Å². The molecule has 4 heteroatoms. The average Bonchev–Trinajstić information content (AvgIpc) is 2.91. The van der Waals surface area contributed by atoms with Gasteiger partial charge in [0, 0.05) is 6.54 Å². The lowest BCUT2D eigenvalue weighted by Crippen LogP contribution is -2.14. The Bertz CT molecular complexity index is 970. The summed E-state index contributed by atoms with van der Waals surface area (Å²) < 4.78 is 2.09. The van der Waals surface area contributed by atoms with Gasteiger partial charge in [0.25, 0.3) is 5.56 Å². The van der Waals surface area contributed by atoms with Crippen LogP contribution in [0.2, 0.25) is 0 Å². The highest BCUT2D eigenvalue weighted by atomic mass is 16.3. The molecule has 0 fully saturated rings. The van der Waals surface area contributed by atoms with Gasteiger partial charge in [-0.15, -0.1) is 0 Å². The molecule has 0 bridgehead atoms. The summed E-state index contributed by atoms with van der Waals surface area (Å²) in [6.07, 6.45) is 2.82. The molecule has 0 amide bonds. The number of phenolic OH excluding ortho intramolecular Hbond substituents is 1. The third-order valence-corrected chi connectivity index (χ3v) is 3.99. The first-order valence-corrected chi connectivity index (χ1v) is 7.22. The number of nitrogens with zero attached hydrogens (tertiary/aromatic N) is 2. The summed E-state index contributed by atoms with van der Waals surface area (Å²) in [6.45, 7) is 0.813. The molecule has 0 spiro atoms. The molecule has 4 rings (SSSR count). The zero-order valence-corrected chi connectivity index (χ0v) is 11.9.